The molecule has 0 aromatic rings. The highest BCUT2D eigenvalue weighted by Gasteiger charge is 2.01. The minimum absolute atomic E-state index is 0.0535. The van der Waals surface area contributed by atoms with Crippen molar-refractivity contribution in [3.05, 3.63) is 0 Å². The molecule has 0 saturated carbocycles. The molecule has 0 aliphatic heterocycles. The summed E-state index contributed by atoms with van der Waals surface area (Å²) in [5, 5.41) is 0.0535. The molecule has 4 heteroatoms. The molecule has 0 aliphatic rings. The van der Waals surface area contributed by atoms with Crippen molar-refractivity contribution in [2.45, 2.75) is 26.7 Å². The summed E-state index contributed by atoms with van der Waals surface area (Å²) in [6.45, 7) is 4.46. The van der Waals surface area contributed by atoms with Gasteiger partial charge in [0.15, 0.2) is 0 Å². The highest BCUT2D eigenvalue weighted by atomic mass is 79.9. The van der Waals surface area contributed by atoms with E-state index in [9.17, 15) is 0 Å². The molecule has 0 rings (SSSR count). The van der Waals surface area contributed by atoms with Gasteiger partial charge >= 0.3 is 0 Å². The first kappa shape index (κ1) is 11.6. The summed E-state index contributed by atoms with van der Waals surface area (Å²) in [5.41, 5.74) is 0. The predicted molar refractivity (Wildman–Crippen MR) is 61.3 cm³/mol. The monoisotopic (exact) mass is 260 g/mol. The van der Waals surface area contributed by atoms with Crippen molar-refractivity contribution in [3.8, 4) is 0 Å². The zero-order chi connectivity index (χ0) is 7.82. The van der Waals surface area contributed by atoms with Crippen LogP contribution < -0.4 is 0 Å². The van der Waals surface area contributed by atoms with E-state index in [0.717, 1.165) is 0 Å². The maximum absolute atomic E-state index is 3.67. The van der Waals surface area contributed by atoms with Gasteiger partial charge in [-0.25, -0.2) is 0 Å². The van der Waals surface area contributed by atoms with E-state index in [1.165, 1.54) is 24.3 Å². The van der Waals surface area contributed by atoms with Gasteiger partial charge in [-0.1, -0.05) is 13.8 Å². The zero-order valence-corrected chi connectivity index (χ0v) is 10.6. The van der Waals surface area contributed by atoms with E-state index in [0.29, 0.717) is 0 Å². The van der Waals surface area contributed by atoms with Crippen LogP contribution in [0.3, 0.4) is 0 Å². The Bertz CT molecular complexity index is 64.8. The van der Waals surface area contributed by atoms with Crippen LogP contribution in [0.1, 0.15) is 26.7 Å². The smallest absolute Gasteiger partial charge is 0.0831 e. The third kappa shape index (κ3) is 7.71. The maximum atomic E-state index is 3.67. The first-order valence-electron chi connectivity index (χ1n) is 3.53. The van der Waals surface area contributed by atoms with Gasteiger partial charge in [-0.15, -0.1) is 22.8 Å². The van der Waals surface area contributed by atoms with Gasteiger partial charge in [0.05, 0.1) is 5.03 Å². The summed E-state index contributed by atoms with van der Waals surface area (Å²) < 4.78 is 0. The summed E-state index contributed by atoms with van der Waals surface area (Å²) >= 11 is 7.79. The van der Waals surface area contributed by atoms with Crippen molar-refractivity contribution < 1.29 is 0 Å². The first-order valence-corrected chi connectivity index (χ1v) is 10.1. The average molecular weight is 261 g/mol. The number of hydrogen-bond donors (Lipinski definition) is 0. The Morgan fingerprint density at radius 3 is 1.80 bits per heavy atom. The Labute approximate surface area is 81.3 Å². The van der Waals surface area contributed by atoms with Gasteiger partial charge in [-0.2, -0.15) is 0 Å². The Morgan fingerprint density at radius 1 is 1.10 bits per heavy atom. The van der Waals surface area contributed by atoms with E-state index in [4.69, 9.17) is 0 Å². The molecule has 0 atom stereocenters. The van der Waals surface area contributed by atoms with Crippen LogP contribution >= 0.6 is 43.3 Å². The van der Waals surface area contributed by atoms with E-state index in [2.05, 4.69) is 52.1 Å². The minimum atomic E-state index is 0.0535. The van der Waals surface area contributed by atoms with Crippen molar-refractivity contribution >= 4 is 43.3 Å². The molecule has 0 N–H and O–H groups in total. The molecule has 0 fully saturated rings. The third-order valence-corrected chi connectivity index (χ3v) is 10.3. The molecular weight excluding hydrogens is 247 g/mol. The van der Waals surface area contributed by atoms with Crippen molar-refractivity contribution in [2.24, 2.45) is 0 Å². The number of halogens is 1. The summed E-state index contributed by atoms with van der Waals surface area (Å²) in [6.07, 6.45) is 2.59. The van der Waals surface area contributed by atoms with Gasteiger partial charge < -0.3 is 0 Å². The van der Waals surface area contributed by atoms with E-state index >= 15 is 0 Å². The van der Waals surface area contributed by atoms with Crippen LogP contribution in [0.25, 0.3) is 0 Å². The molecule has 0 radical (unpaired) electrons. The topological polar surface area (TPSA) is 0 Å². The number of hydrogen-bond acceptors (Lipinski definition) is 2. The Morgan fingerprint density at radius 2 is 1.50 bits per heavy atom. The quantitative estimate of drug-likeness (QED) is 0.624. The fourth-order valence-corrected chi connectivity index (χ4v) is 7.89. The van der Waals surface area contributed by atoms with Gasteiger partial charge in [0.25, 0.3) is 0 Å². The highest BCUT2D eigenvalue weighted by Crippen LogP contribution is 2.67. The van der Waals surface area contributed by atoms with Gasteiger partial charge in [0.1, 0.15) is 0 Å². The summed E-state index contributed by atoms with van der Waals surface area (Å²) in [6, 6.07) is 0. The van der Waals surface area contributed by atoms with Crippen molar-refractivity contribution in [1.29, 1.82) is 0 Å². The summed E-state index contributed by atoms with van der Waals surface area (Å²) in [4.78, 5) is 0. The van der Waals surface area contributed by atoms with Crippen LogP contribution in [0.15, 0.2) is 0 Å². The van der Waals surface area contributed by atoms with Crippen LogP contribution in [0.2, 0.25) is 0 Å². The lowest BCUT2D eigenvalue weighted by Gasteiger charge is -2.05. The Hall–Kier alpha value is 1.61. The summed E-state index contributed by atoms with van der Waals surface area (Å²) in [5.74, 6) is 2.60. The maximum Gasteiger partial charge on any atom is 0.0831 e. The second kappa shape index (κ2) is 8.70. The molecule has 0 spiro atoms. The SMILES string of the molecule is CCCSP(Br)SCCC. The van der Waals surface area contributed by atoms with Gasteiger partial charge in [0.2, 0.25) is 0 Å². The zero-order valence-electron chi connectivity index (χ0n) is 6.47. The lowest BCUT2D eigenvalue weighted by Crippen LogP contribution is -1.69. The normalized spacial score (nSPS) is 10.8. The molecule has 0 bridgehead atoms. The lowest BCUT2D eigenvalue weighted by atomic mass is 10.6. The molecule has 0 amide bonds. The van der Waals surface area contributed by atoms with Gasteiger partial charge in [-0.05, 0) is 39.8 Å². The standard InChI is InChI=1S/C6H14BrPS2/c1-3-5-9-8(7)10-6-4-2/h3-6H2,1-2H3. The summed E-state index contributed by atoms with van der Waals surface area (Å²) in [7, 11) is 0. The molecule has 0 heterocycles. The van der Waals surface area contributed by atoms with Crippen molar-refractivity contribution in [3.63, 3.8) is 0 Å². The molecule has 0 nitrogen and oxygen atoms in total. The molecule has 0 saturated heterocycles. The first-order chi connectivity index (χ1) is 4.81. The van der Waals surface area contributed by atoms with E-state index in [-0.39, 0.29) is 5.03 Å². The van der Waals surface area contributed by atoms with Crippen molar-refractivity contribution in [2.75, 3.05) is 11.5 Å². The molecule has 0 unspecified atom stereocenters. The fraction of sp³-hybridized carbons (Fsp3) is 1.00. The Kier molecular flexibility index (Phi) is 10.1. The van der Waals surface area contributed by atoms with Crippen molar-refractivity contribution in [1.82, 2.24) is 0 Å². The second-order valence-corrected chi connectivity index (χ2v) is 13.0. The van der Waals surface area contributed by atoms with Crippen LogP contribution in [0.5, 0.6) is 0 Å². The van der Waals surface area contributed by atoms with Crippen LogP contribution in [-0.4, -0.2) is 11.5 Å². The molecule has 0 aliphatic carbocycles. The second-order valence-electron chi connectivity index (χ2n) is 1.88. The lowest BCUT2D eigenvalue weighted by molar-refractivity contribution is 1.11. The van der Waals surface area contributed by atoms with Crippen LogP contribution in [0.4, 0.5) is 0 Å². The molecule has 10 heavy (non-hydrogen) atoms. The van der Waals surface area contributed by atoms with E-state index in [1.54, 1.807) is 0 Å². The molecule has 0 aromatic heterocycles. The molecular formula is C6H14BrPS2. The number of rotatable bonds is 6. The predicted octanol–water partition coefficient (Wildman–Crippen LogP) is 4.89. The fourth-order valence-electron chi connectivity index (χ4n) is 0.363. The van der Waals surface area contributed by atoms with E-state index in [1.807, 2.05) is 0 Å². The molecule has 62 valence electrons. The average Bonchev–Trinajstić information content (AvgIpc) is 1.97. The van der Waals surface area contributed by atoms with Gasteiger partial charge in [-0.3, -0.25) is 0 Å². The van der Waals surface area contributed by atoms with Crippen LogP contribution in [-0.2, 0) is 0 Å². The van der Waals surface area contributed by atoms with Crippen LogP contribution in [0, 0.1) is 0 Å². The largest absolute Gasteiger partial charge is 0.112 e. The van der Waals surface area contributed by atoms with Gasteiger partial charge in [0, 0.05) is 0 Å². The minimum Gasteiger partial charge on any atom is -0.112 e. The Balaban J connectivity index is 3.00. The van der Waals surface area contributed by atoms with E-state index < -0.39 is 0 Å². The third-order valence-electron chi connectivity index (χ3n) is 0.794. The molecule has 0 aromatic carbocycles. The highest BCUT2D eigenvalue weighted by molar-refractivity contribution is 9.57.